The largest absolute Gasteiger partial charge is 0.349 e. The van der Waals surface area contributed by atoms with E-state index in [-0.39, 0.29) is 0 Å². The molecule has 122 valence electrons. The number of hydrogen-bond acceptors (Lipinski definition) is 3. The number of hydrogen-bond donors (Lipinski definition) is 1. The summed E-state index contributed by atoms with van der Waals surface area (Å²) in [6.45, 7) is 2.40. The first-order valence-corrected chi connectivity index (χ1v) is 8.12. The van der Waals surface area contributed by atoms with Crippen LogP contribution in [0.5, 0.6) is 0 Å². The fourth-order valence-electron chi connectivity index (χ4n) is 2.82. The van der Waals surface area contributed by atoms with Crippen molar-refractivity contribution in [3.63, 3.8) is 0 Å². The van der Waals surface area contributed by atoms with E-state index >= 15 is 0 Å². The first kappa shape index (κ1) is 15.8. The smallest absolute Gasteiger partial charge is 0.194 e. The van der Waals surface area contributed by atoms with Crippen molar-refractivity contribution in [1.82, 2.24) is 25.0 Å². The molecule has 0 unspecified atom stereocenters. The summed E-state index contributed by atoms with van der Waals surface area (Å²) < 4.78 is 2.19. The minimum absolute atomic E-state index is 0.630. The lowest BCUT2D eigenvalue weighted by molar-refractivity contribution is 0.474. The quantitative estimate of drug-likeness (QED) is 0.688. The summed E-state index contributed by atoms with van der Waals surface area (Å²) in [7, 11) is 3.80. The van der Waals surface area contributed by atoms with Gasteiger partial charge in [0.25, 0.3) is 0 Å². The topological polar surface area (TPSA) is 58.3 Å². The van der Waals surface area contributed by atoms with Crippen molar-refractivity contribution < 1.29 is 0 Å². The number of aliphatic imine (C=N–C) groups is 1. The molecule has 1 aromatic heterocycles. The number of rotatable bonds is 4. The van der Waals surface area contributed by atoms with Gasteiger partial charge in [0.2, 0.25) is 0 Å². The highest BCUT2D eigenvalue weighted by atomic mass is 35.5. The van der Waals surface area contributed by atoms with E-state index in [1.807, 2.05) is 31.3 Å². The van der Waals surface area contributed by atoms with Crippen LogP contribution < -0.4 is 5.32 Å². The first-order valence-electron chi connectivity index (χ1n) is 7.74. The van der Waals surface area contributed by atoms with Gasteiger partial charge in [0.15, 0.2) is 11.8 Å². The highest BCUT2D eigenvalue weighted by Gasteiger charge is 2.17. The number of nitrogens with zero attached hydrogens (tertiary/aromatic N) is 5. The molecule has 0 saturated carbocycles. The van der Waals surface area contributed by atoms with E-state index in [4.69, 9.17) is 11.6 Å². The standard InChI is InChI=1S/C16H21ClN6/c1-18-16(22(2)11-12-5-7-13(17)8-6-12)19-10-15-21-20-14-4-3-9-23(14)15/h5-8H,3-4,9-11H2,1-2H3,(H,18,19). The van der Waals surface area contributed by atoms with Gasteiger partial charge in [-0.2, -0.15) is 0 Å². The molecule has 0 amide bonds. The molecule has 1 aromatic carbocycles. The maximum absolute atomic E-state index is 5.93. The van der Waals surface area contributed by atoms with Crippen LogP contribution in [0.1, 0.15) is 23.6 Å². The molecule has 0 saturated heterocycles. The van der Waals surface area contributed by atoms with Gasteiger partial charge in [-0.1, -0.05) is 23.7 Å². The minimum atomic E-state index is 0.630. The van der Waals surface area contributed by atoms with Crippen molar-refractivity contribution in [3.05, 3.63) is 46.5 Å². The Morgan fingerprint density at radius 2 is 2.13 bits per heavy atom. The second kappa shape index (κ2) is 7.00. The molecular weight excluding hydrogens is 312 g/mol. The predicted molar refractivity (Wildman–Crippen MR) is 91.5 cm³/mol. The lowest BCUT2D eigenvalue weighted by Crippen LogP contribution is -2.38. The zero-order chi connectivity index (χ0) is 16.2. The average molecular weight is 333 g/mol. The van der Waals surface area contributed by atoms with Gasteiger partial charge in [-0.3, -0.25) is 4.99 Å². The lowest BCUT2D eigenvalue weighted by atomic mass is 10.2. The van der Waals surface area contributed by atoms with Crippen LogP contribution in [0.4, 0.5) is 0 Å². The molecule has 0 bridgehead atoms. The second-order valence-electron chi connectivity index (χ2n) is 5.67. The summed E-state index contributed by atoms with van der Waals surface area (Å²) in [6, 6.07) is 7.86. The summed E-state index contributed by atoms with van der Waals surface area (Å²) in [6.07, 6.45) is 2.18. The van der Waals surface area contributed by atoms with Crippen LogP contribution >= 0.6 is 11.6 Å². The normalized spacial score (nSPS) is 14.0. The van der Waals surface area contributed by atoms with Gasteiger partial charge in [0, 0.05) is 38.6 Å². The second-order valence-corrected chi connectivity index (χ2v) is 6.11. The molecular formula is C16H21ClN6. The lowest BCUT2D eigenvalue weighted by Gasteiger charge is -2.22. The molecule has 2 heterocycles. The minimum Gasteiger partial charge on any atom is -0.349 e. The van der Waals surface area contributed by atoms with E-state index in [1.165, 1.54) is 5.56 Å². The number of nitrogens with one attached hydrogen (secondary N) is 1. The zero-order valence-corrected chi connectivity index (χ0v) is 14.2. The summed E-state index contributed by atoms with van der Waals surface area (Å²) in [5, 5.41) is 12.6. The average Bonchev–Trinajstić information content (AvgIpc) is 3.14. The Balaban J connectivity index is 1.59. The van der Waals surface area contributed by atoms with E-state index in [0.29, 0.717) is 6.54 Å². The van der Waals surface area contributed by atoms with Crippen molar-refractivity contribution in [2.45, 2.75) is 32.5 Å². The van der Waals surface area contributed by atoms with Crippen molar-refractivity contribution in [1.29, 1.82) is 0 Å². The molecule has 23 heavy (non-hydrogen) atoms. The van der Waals surface area contributed by atoms with Gasteiger partial charge in [-0.05, 0) is 24.1 Å². The molecule has 3 rings (SSSR count). The number of halogens is 1. The van der Waals surface area contributed by atoms with Crippen LogP contribution in [0.3, 0.4) is 0 Å². The van der Waals surface area contributed by atoms with Gasteiger partial charge in [-0.15, -0.1) is 10.2 Å². The van der Waals surface area contributed by atoms with Crippen LogP contribution in [0.15, 0.2) is 29.3 Å². The van der Waals surface area contributed by atoms with Crippen LogP contribution in [0, 0.1) is 0 Å². The third-order valence-corrected chi connectivity index (χ3v) is 4.25. The molecule has 0 radical (unpaired) electrons. The molecule has 0 spiro atoms. The number of aromatic nitrogens is 3. The van der Waals surface area contributed by atoms with E-state index in [0.717, 1.165) is 48.6 Å². The Hall–Kier alpha value is -2.08. The Morgan fingerprint density at radius 3 is 2.87 bits per heavy atom. The highest BCUT2D eigenvalue weighted by Crippen LogP contribution is 2.14. The fourth-order valence-corrected chi connectivity index (χ4v) is 2.95. The van der Waals surface area contributed by atoms with E-state index in [9.17, 15) is 0 Å². The third kappa shape index (κ3) is 3.64. The maximum atomic E-state index is 5.93. The Kier molecular flexibility index (Phi) is 4.81. The molecule has 7 heteroatoms. The molecule has 6 nitrogen and oxygen atoms in total. The Bertz CT molecular complexity index is 691. The molecule has 1 aliphatic heterocycles. The monoisotopic (exact) mass is 332 g/mol. The third-order valence-electron chi connectivity index (χ3n) is 4.00. The number of guanidine groups is 1. The number of aryl methyl sites for hydroxylation is 1. The predicted octanol–water partition coefficient (Wildman–Crippen LogP) is 2.09. The van der Waals surface area contributed by atoms with Gasteiger partial charge < -0.3 is 14.8 Å². The highest BCUT2D eigenvalue weighted by molar-refractivity contribution is 6.30. The number of fused-ring (bicyclic) bond motifs is 1. The van der Waals surface area contributed by atoms with Gasteiger partial charge >= 0.3 is 0 Å². The summed E-state index contributed by atoms with van der Waals surface area (Å²) >= 11 is 5.93. The van der Waals surface area contributed by atoms with Crippen molar-refractivity contribution in [2.24, 2.45) is 4.99 Å². The van der Waals surface area contributed by atoms with Gasteiger partial charge in [0.05, 0.1) is 6.54 Å². The van der Waals surface area contributed by atoms with Crippen molar-refractivity contribution >= 4 is 17.6 Å². The Labute approximate surface area is 141 Å². The van der Waals surface area contributed by atoms with Crippen LogP contribution in [0.25, 0.3) is 0 Å². The van der Waals surface area contributed by atoms with Crippen molar-refractivity contribution in [2.75, 3.05) is 14.1 Å². The zero-order valence-electron chi connectivity index (χ0n) is 13.5. The Morgan fingerprint density at radius 1 is 1.35 bits per heavy atom. The first-order chi connectivity index (χ1) is 11.2. The molecule has 0 atom stereocenters. The van der Waals surface area contributed by atoms with Crippen LogP contribution in [-0.2, 0) is 26.1 Å². The van der Waals surface area contributed by atoms with Gasteiger partial charge in [-0.25, -0.2) is 0 Å². The molecule has 0 fully saturated rings. The molecule has 1 aliphatic rings. The maximum Gasteiger partial charge on any atom is 0.194 e. The SMILES string of the molecule is CN=C(NCc1nnc2n1CCC2)N(C)Cc1ccc(Cl)cc1. The van der Waals surface area contributed by atoms with E-state index in [1.54, 1.807) is 7.05 Å². The number of benzene rings is 1. The summed E-state index contributed by atoms with van der Waals surface area (Å²) in [4.78, 5) is 6.42. The summed E-state index contributed by atoms with van der Waals surface area (Å²) in [5.41, 5.74) is 1.18. The van der Waals surface area contributed by atoms with Crippen molar-refractivity contribution in [3.8, 4) is 0 Å². The van der Waals surface area contributed by atoms with Crippen LogP contribution in [0.2, 0.25) is 5.02 Å². The van der Waals surface area contributed by atoms with Gasteiger partial charge in [0.1, 0.15) is 5.82 Å². The van der Waals surface area contributed by atoms with E-state index in [2.05, 4.69) is 30.0 Å². The molecule has 1 N–H and O–H groups in total. The molecule has 0 aliphatic carbocycles. The van der Waals surface area contributed by atoms with E-state index < -0.39 is 0 Å². The molecule has 2 aromatic rings. The fraction of sp³-hybridized carbons (Fsp3) is 0.438. The summed E-state index contributed by atoms with van der Waals surface area (Å²) in [5.74, 6) is 2.89. The van der Waals surface area contributed by atoms with Crippen LogP contribution in [-0.4, -0.2) is 39.7 Å².